The molecule has 0 heterocycles. The minimum absolute atomic E-state index is 0.0517. The second-order valence-electron chi connectivity index (χ2n) is 7.41. The zero-order valence-electron chi connectivity index (χ0n) is 16.5. The Balaban J connectivity index is 1.48. The molecule has 0 radical (unpaired) electrons. The van der Waals surface area contributed by atoms with Crippen molar-refractivity contribution in [3.63, 3.8) is 0 Å². The van der Waals surface area contributed by atoms with Crippen LogP contribution in [0.2, 0.25) is 0 Å². The van der Waals surface area contributed by atoms with E-state index in [9.17, 15) is 13.2 Å². The molecule has 3 rings (SSSR count). The summed E-state index contributed by atoms with van der Waals surface area (Å²) in [5.74, 6) is -0.0569. The Morgan fingerprint density at radius 1 is 1.11 bits per heavy atom. The highest BCUT2D eigenvalue weighted by Crippen LogP contribution is 2.25. The van der Waals surface area contributed by atoms with E-state index in [1.807, 2.05) is 6.92 Å². The minimum atomic E-state index is -3.51. The molecule has 1 aliphatic carbocycles. The van der Waals surface area contributed by atoms with Crippen molar-refractivity contribution < 1.29 is 13.2 Å². The van der Waals surface area contributed by atoms with Gasteiger partial charge in [0.05, 0.1) is 10.9 Å². The first-order chi connectivity index (χ1) is 13.4. The fourth-order valence-electron chi connectivity index (χ4n) is 3.61. The van der Waals surface area contributed by atoms with Crippen LogP contribution in [-0.4, -0.2) is 32.2 Å². The topological polar surface area (TPSA) is 66.5 Å². The van der Waals surface area contributed by atoms with Gasteiger partial charge in [-0.3, -0.25) is 4.79 Å². The lowest BCUT2D eigenvalue weighted by Gasteiger charge is -2.18. The fraction of sp³-hybridized carbons (Fsp3) is 0.409. The number of hydrogen-bond donors (Lipinski definition) is 1. The van der Waals surface area contributed by atoms with Crippen molar-refractivity contribution >= 4 is 15.9 Å². The maximum Gasteiger partial charge on any atom is 0.242 e. The SMILES string of the molecule is C[C@H](NC(=O)CCCN(C)S(=O)(=O)c1ccccc1)c1ccc2c(c1)CCC2. The number of benzene rings is 2. The van der Waals surface area contributed by atoms with Crippen molar-refractivity contribution in [1.29, 1.82) is 0 Å². The van der Waals surface area contributed by atoms with Crippen LogP contribution in [0.5, 0.6) is 0 Å². The molecule has 2 aromatic carbocycles. The second-order valence-corrected chi connectivity index (χ2v) is 9.46. The number of rotatable bonds is 8. The highest BCUT2D eigenvalue weighted by atomic mass is 32.2. The first-order valence-corrected chi connectivity index (χ1v) is 11.2. The first-order valence-electron chi connectivity index (χ1n) is 9.80. The zero-order valence-corrected chi connectivity index (χ0v) is 17.3. The zero-order chi connectivity index (χ0) is 20.1. The van der Waals surface area contributed by atoms with Gasteiger partial charge in [0, 0.05) is 20.0 Å². The molecule has 2 aromatic rings. The smallest absolute Gasteiger partial charge is 0.242 e. The Bertz CT molecular complexity index is 926. The lowest BCUT2D eigenvalue weighted by molar-refractivity contribution is -0.121. The van der Waals surface area contributed by atoms with Crippen molar-refractivity contribution in [2.24, 2.45) is 0 Å². The average Bonchev–Trinajstić information content (AvgIpc) is 3.16. The number of nitrogens with zero attached hydrogens (tertiary/aromatic N) is 1. The first kappa shape index (κ1) is 20.6. The maximum absolute atomic E-state index is 12.5. The van der Waals surface area contributed by atoms with Gasteiger partial charge in [0.25, 0.3) is 0 Å². The van der Waals surface area contributed by atoms with Gasteiger partial charge in [-0.15, -0.1) is 0 Å². The molecule has 5 nitrogen and oxygen atoms in total. The summed E-state index contributed by atoms with van der Waals surface area (Å²) in [5.41, 5.74) is 3.94. The summed E-state index contributed by atoms with van der Waals surface area (Å²) in [6, 6.07) is 14.8. The highest BCUT2D eigenvalue weighted by molar-refractivity contribution is 7.89. The Hall–Kier alpha value is -2.18. The van der Waals surface area contributed by atoms with Crippen LogP contribution >= 0.6 is 0 Å². The summed E-state index contributed by atoms with van der Waals surface area (Å²) in [7, 11) is -1.96. The molecule has 28 heavy (non-hydrogen) atoms. The van der Waals surface area contributed by atoms with Gasteiger partial charge in [-0.25, -0.2) is 12.7 Å². The van der Waals surface area contributed by atoms with Crippen LogP contribution in [0.1, 0.15) is 48.9 Å². The van der Waals surface area contributed by atoms with E-state index < -0.39 is 10.0 Å². The molecule has 6 heteroatoms. The van der Waals surface area contributed by atoms with Crippen LogP contribution in [0.15, 0.2) is 53.4 Å². The Labute approximate surface area is 167 Å². The number of aryl methyl sites for hydroxylation is 2. The van der Waals surface area contributed by atoms with Crippen molar-refractivity contribution in [3.05, 3.63) is 65.2 Å². The number of carbonyl (C=O) groups excluding carboxylic acids is 1. The molecule has 1 atom stereocenters. The lowest BCUT2D eigenvalue weighted by Crippen LogP contribution is -2.30. The number of sulfonamides is 1. The normalized spacial score (nSPS) is 14.7. The molecular weight excluding hydrogens is 372 g/mol. The molecule has 0 saturated heterocycles. The summed E-state index contributed by atoms with van der Waals surface area (Å²) >= 11 is 0. The number of fused-ring (bicyclic) bond motifs is 1. The Kier molecular flexibility index (Phi) is 6.52. The summed E-state index contributed by atoms with van der Waals surface area (Å²) in [6.07, 6.45) is 4.25. The number of nitrogens with one attached hydrogen (secondary N) is 1. The quantitative estimate of drug-likeness (QED) is 0.738. The van der Waals surface area contributed by atoms with Crippen molar-refractivity contribution in [2.45, 2.75) is 50.0 Å². The van der Waals surface area contributed by atoms with E-state index in [-0.39, 0.29) is 16.8 Å². The third-order valence-electron chi connectivity index (χ3n) is 5.33. The van der Waals surface area contributed by atoms with Gasteiger partial charge in [0.1, 0.15) is 0 Å². The van der Waals surface area contributed by atoms with Crippen LogP contribution in [-0.2, 0) is 27.7 Å². The van der Waals surface area contributed by atoms with Crippen LogP contribution in [0, 0.1) is 0 Å². The molecule has 0 aromatic heterocycles. The van der Waals surface area contributed by atoms with Gasteiger partial charge in [0.15, 0.2) is 0 Å². The van der Waals surface area contributed by atoms with Gasteiger partial charge >= 0.3 is 0 Å². The van der Waals surface area contributed by atoms with Crippen molar-refractivity contribution in [1.82, 2.24) is 9.62 Å². The fourth-order valence-corrected chi connectivity index (χ4v) is 4.84. The molecule has 0 saturated carbocycles. The van der Waals surface area contributed by atoms with E-state index in [2.05, 4.69) is 23.5 Å². The molecule has 0 bridgehead atoms. The van der Waals surface area contributed by atoms with E-state index in [0.717, 1.165) is 18.4 Å². The highest BCUT2D eigenvalue weighted by Gasteiger charge is 2.20. The van der Waals surface area contributed by atoms with E-state index in [0.29, 0.717) is 19.4 Å². The monoisotopic (exact) mass is 400 g/mol. The van der Waals surface area contributed by atoms with Gasteiger partial charge in [0.2, 0.25) is 15.9 Å². The minimum Gasteiger partial charge on any atom is -0.350 e. The molecule has 0 unspecified atom stereocenters. The van der Waals surface area contributed by atoms with Gasteiger partial charge in [-0.1, -0.05) is 36.4 Å². The third-order valence-corrected chi connectivity index (χ3v) is 7.20. The van der Waals surface area contributed by atoms with Crippen LogP contribution in [0.25, 0.3) is 0 Å². The number of amides is 1. The Morgan fingerprint density at radius 2 is 1.82 bits per heavy atom. The molecule has 150 valence electrons. The van der Waals surface area contributed by atoms with Crippen molar-refractivity contribution in [3.8, 4) is 0 Å². The molecule has 1 N–H and O–H groups in total. The van der Waals surface area contributed by atoms with Gasteiger partial charge < -0.3 is 5.32 Å². The lowest BCUT2D eigenvalue weighted by atomic mass is 10.0. The maximum atomic E-state index is 12.5. The molecular formula is C22H28N2O3S. The van der Waals surface area contributed by atoms with Crippen LogP contribution < -0.4 is 5.32 Å². The van der Waals surface area contributed by atoms with E-state index in [1.54, 1.807) is 37.4 Å². The molecule has 0 fully saturated rings. The molecule has 1 amide bonds. The standard InChI is InChI=1S/C22H28N2O3S/c1-17(19-14-13-18-8-6-9-20(18)16-19)23-22(25)12-7-15-24(2)28(26,27)21-10-4-3-5-11-21/h3-5,10-11,13-14,16-17H,6-9,12,15H2,1-2H3,(H,23,25)/t17-/m0/s1. The summed E-state index contributed by atoms with van der Waals surface area (Å²) in [6.45, 7) is 2.29. The molecule has 0 spiro atoms. The van der Waals surface area contributed by atoms with Crippen molar-refractivity contribution in [2.75, 3.05) is 13.6 Å². The van der Waals surface area contributed by atoms with Gasteiger partial charge in [-0.05, 0) is 61.4 Å². The van der Waals surface area contributed by atoms with E-state index >= 15 is 0 Å². The predicted molar refractivity (Wildman–Crippen MR) is 111 cm³/mol. The largest absolute Gasteiger partial charge is 0.350 e. The number of hydrogen-bond acceptors (Lipinski definition) is 3. The van der Waals surface area contributed by atoms with E-state index in [1.165, 1.54) is 21.9 Å². The molecule has 0 aliphatic heterocycles. The predicted octanol–water partition coefficient (Wildman–Crippen LogP) is 3.45. The molecule has 1 aliphatic rings. The Morgan fingerprint density at radius 3 is 2.57 bits per heavy atom. The average molecular weight is 401 g/mol. The summed E-state index contributed by atoms with van der Waals surface area (Å²) < 4.78 is 26.3. The van der Waals surface area contributed by atoms with Crippen LogP contribution in [0.3, 0.4) is 0 Å². The number of carbonyl (C=O) groups is 1. The summed E-state index contributed by atoms with van der Waals surface area (Å²) in [4.78, 5) is 12.6. The summed E-state index contributed by atoms with van der Waals surface area (Å²) in [5, 5.41) is 3.02. The third kappa shape index (κ3) is 4.80. The van der Waals surface area contributed by atoms with E-state index in [4.69, 9.17) is 0 Å². The van der Waals surface area contributed by atoms with Gasteiger partial charge in [-0.2, -0.15) is 0 Å². The van der Waals surface area contributed by atoms with Crippen LogP contribution in [0.4, 0.5) is 0 Å². The second kappa shape index (κ2) is 8.88.